The molecule has 2 aliphatic rings. The number of rotatable bonds is 4. The van der Waals surface area contributed by atoms with Crippen molar-refractivity contribution in [1.29, 1.82) is 0 Å². The highest BCUT2D eigenvalue weighted by Gasteiger charge is 2.45. The molecule has 0 radical (unpaired) electrons. The summed E-state index contributed by atoms with van der Waals surface area (Å²) in [5.41, 5.74) is 0. The first-order valence-corrected chi connectivity index (χ1v) is 7.70. The number of halogens is 1. The van der Waals surface area contributed by atoms with Gasteiger partial charge in [0.1, 0.15) is 0 Å². The summed E-state index contributed by atoms with van der Waals surface area (Å²) in [6.45, 7) is 7.06. The summed E-state index contributed by atoms with van der Waals surface area (Å²) in [5.74, 6) is 0.676. The molecule has 0 N–H and O–H groups in total. The lowest BCUT2D eigenvalue weighted by atomic mass is 9.88. The fourth-order valence-electron chi connectivity index (χ4n) is 2.83. The molecular weight excluding hydrogens is 282 g/mol. The highest BCUT2D eigenvalue weighted by molar-refractivity contribution is 9.09. The van der Waals surface area contributed by atoms with Gasteiger partial charge >= 0.3 is 0 Å². The first-order valence-electron chi connectivity index (χ1n) is 6.58. The van der Waals surface area contributed by atoms with Gasteiger partial charge in [-0.05, 0) is 32.6 Å². The number of hydrogen-bond donors (Lipinski definition) is 0. The fraction of sp³-hybridized carbons (Fsp3) is 0.923. The number of ether oxygens (including phenoxy) is 1. The number of alkyl halides is 1. The molecule has 1 saturated heterocycles. The summed E-state index contributed by atoms with van der Waals surface area (Å²) in [4.78, 5) is 14.7. The Kier molecular flexibility index (Phi) is 4.14. The molecule has 1 saturated carbocycles. The average molecular weight is 304 g/mol. The van der Waals surface area contributed by atoms with E-state index in [1.165, 1.54) is 12.8 Å². The topological polar surface area (TPSA) is 29.5 Å². The minimum atomic E-state index is 0.0460. The molecular formula is C13H22BrNO2. The lowest BCUT2D eigenvalue weighted by Gasteiger charge is -2.28. The molecule has 1 aliphatic carbocycles. The van der Waals surface area contributed by atoms with Crippen molar-refractivity contribution in [3.8, 4) is 0 Å². The van der Waals surface area contributed by atoms with Gasteiger partial charge in [-0.25, -0.2) is 0 Å². The highest BCUT2D eigenvalue weighted by Crippen LogP contribution is 2.36. The minimum Gasteiger partial charge on any atom is -0.374 e. The van der Waals surface area contributed by atoms with Crippen molar-refractivity contribution < 1.29 is 9.53 Å². The second-order valence-electron chi connectivity index (χ2n) is 5.38. The number of amides is 1. The van der Waals surface area contributed by atoms with Crippen LogP contribution in [-0.2, 0) is 9.53 Å². The second kappa shape index (κ2) is 5.27. The summed E-state index contributed by atoms with van der Waals surface area (Å²) in [6, 6.07) is 0.496. The zero-order valence-corrected chi connectivity index (χ0v) is 12.4. The molecule has 0 bridgehead atoms. The highest BCUT2D eigenvalue weighted by atomic mass is 79.9. The van der Waals surface area contributed by atoms with Crippen molar-refractivity contribution in [3.05, 3.63) is 0 Å². The van der Waals surface area contributed by atoms with E-state index in [0.29, 0.717) is 17.9 Å². The first kappa shape index (κ1) is 13.3. The van der Waals surface area contributed by atoms with Gasteiger partial charge in [0.15, 0.2) is 0 Å². The molecule has 3 nitrogen and oxygen atoms in total. The maximum absolute atomic E-state index is 12.6. The molecule has 0 spiro atoms. The molecule has 2 fully saturated rings. The van der Waals surface area contributed by atoms with E-state index < -0.39 is 0 Å². The van der Waals surface area contributed by atoms with Crippen LogP contribution in [0.1, 0.15) is 33.6 Å². The van der Waals surface area contributed by atoms with Crippen molar-refractivity contribution in [3.63, 3.8) is 0 Å². The van der Waals surface area contributed by atoms with Crippen LogP contribution in [0.2, 0.25) is 0 Å². The number of carbonyl (C=O) groups excluding carboxylic acids is 1. The molecule has 1 heterocycles. The zero-order chi connectivity index (χ0) is 12.6. The largest absolute Gasteiger partial charge is 0.374 e. The van der Waals surface area contributed by atoms with Crippen molar-refractivity contribution in [2.24, 2.45) is 11.8 Å². The Morgan fingerprint density at radius 3 is 2.35 bits per heavy atom. The van der Waals surface area contributed by atoms with Gasteiger partial charge < -0.3 is 9.64 Å². The van der Waals surface area contributed by atoms with E-state index in [9.17, 15) is 4.79 Å². The smallest absolute Gasteiger partial charge is 0.228 e. The average Bonchev–Trinajstić information content (AvgIpc) is 3.05. The molecule has 1 amide bonds. The number of carbonyl (C=O) groups is 1. The minimum absolute atomic E-state index is 0.0460. The Morgan fingerprint density at radius 1 is 1.29 bits per heavy atom. The second-order valence-corrected chi connectivity index (χ2v) is 6.18. The maximum Gasteiger partial charge on any atom is 0.228 e. The molecule has 0 aromatic heterocycles. The molecule has 4 heteroatoms. The third kappa shape index (κ3) is 2.68. The van der Waals surface area contributed by atoms with E-state index in [2.05, 4.69) is 34.7 Å². The van der Waals surface area contributed by atoms with Crippen LogP contribution in [0.4, 0.5) is 0 Å². The molecule has 98 valence electrons. The lowest BCUT2D eigenvalue weighted by Crippen LogP contribution is -2.43. The van der Waals surface area contributed by atoms with Gasteiger partial charge in [-0.1, -0.05) is 22.9 Å². The predicted octanol–water partition coefficient (Wildman–Crippen LogP) is 2.43. The molecule has 0 aromatic carbocycles. The number of hydrogen-bond acceptors (Lipinski definition) is 2. The van der Waals surface area contributed by atoms with Crippen LogP contribution in [0.3, 0.4) is 0 Å². The van der Waals surface area contributed by atoms with E-state index >= 15 is 0 Å². The van der Waals surface area contributed by atoms with Gasteiger partial charge in [0, 0.05) is 17.9 Å². The van der Waals surface area contributed by atoms with Crippen LogP contribution in [0.25, 0.3) is 0 Å². The SMILES string of the molecule is CC1OC(C)C(C(=O)N(CCBr)C2CC2)C1C. The third-order valence-electron chi connectivity index (χ3n) is 4.12. The summed E-state index contributed by atoms with van der Waals surface area (Å²) < 4.78 is 5.78. The van der Waals surface area contributed by atoms with Gasteiger partial charge in [0.05, 0.1) is 18.1 Å². The van der Waals surface area contributed by atoms with Crippen LogP contribution in [0.5, 0.6) is 0 Å². The van der Waals surface area contributed by atoms with E-state index in [-0.39, 0.29) is 18.1 Å². The van der Waals surface area contributed by atoms with Gasteiger partial charge in [0.2, 0.25) is 5.91 Å². The van der Waals surface area contributed by atoms with E-state index in [4.69, 9.17) is 4.74 Å². The van der Waals surface area contributed by atoms with Crippen LogP contribution < -0.4 is 0 Å². The summed E-state index contributed by atoms with van der Waals surface area (Å²) in [7, 11) is 0. The standard InChI is InChI=1S/C13H22BrNO2/c1-8-9(2)17-10(3)12(8)13(16)15(7-6-14)11-4-5-11/h8-12H,4-7H2,1-3H3. The van der Waals surface area contributed by atoms with Crippen molar-refractivity contribution >= 4 is 21.8 Å². The van der Waals surface area contributed by atoms with Crippen LogP contribution in [0.15, 0.2) is 0 Å². The van der Waals surface area contributed by atoms with Crippen LogP contribution in [0, 0.1) is 11.8 Å². The Hall–Kier alpha value is -0.0900. The molecule has 4 unspecified atom stereocenters. The quantitative estimate of drug-likeness (QED) is 0.747. The summed E-state index contributed by atoms with van der Waals surface area (Å²) in [6.07, 6.45) is 2.60. The van der Waals surface area contributed by atoms with Crippen molar-refractivity contribution in [1.82, 2.24) is 4.90 Å². The van der Waals surface area contributed by atoms with E-state index in [0.717, 1.165) is 11.9 Å². The lowest BCUT2D eigenvalue weighted by molar-refractivity contribution is -0.138. The molecule has 17 heavy (non-hydrogen) atoms. The summed E-state index contributed by atoms with van der Waals surface area (Å²) in [5, 5.41) is 0.862. The maximum atomic E-state index is 12.6. The molecule has 0 aromatic rings. The van der Waals surface area contributed by atoms with Crippen molar-refractivity contribution in [2.45, 2.75) is 51.9 Å². The third-order valence-corrected chi connectivity index (χ3v) is 4.48. The first-order chi connectivity index (χ1) is 8.06. The van der Waals surface area contributed by atoms with Crippen molar-refractivity contribution in [2.75, 3.05) is 11.9 Å². The number of nitrogens with zero attached hydrogens (tertiary/aromatic N) is 1. The Morgan fingerprint density at radius 2 is 1.94 bits per heavy atom. The fourth-order valence-corrected chi connectivity index (χ4v) is 3.22. The monoisotopic (exact) mass is 303 g/mol. The van der Waals surface area contributed by atoms with E-state index in [1.807, 2.05) is 6.92 Å². The Bertz CT molecular complexity index is 293. The Labute approximate surface area is 112 Å². The van der Waals surface area contributed by atoms with Gasteiger partial charge in [-0.3, -0.25) is 4.79 Å². The van der Waals surface area contributed by atoms with E-state index in [1.54, 1.807) is 0 Å². The molecule has 1 aliphatic heterocycles. The van der Waals surface area contributed by atoms with Gasteiger partial charge in [-0.15, -0.1) is 0 Å². The zero-order valence-electron chi connectivity index (χ0n) is 10.9. The summed E-state index contributed by atoms with van der Waals surface area (Å²) >= 11 is 3.44. The molecule has 2 rings (SSSR count). The van der Waals surface area contributed by atoms with Crippen LogP contribution in [-0.4, -0.2) is 40.9 Å². The Balaban J connectivity index is 2.06. The normalized spacial score (nSPS) is 37.2. The molecule has 4 atom stereocenters. The van der Waals surface area contributed by atoms with Gasteiger partial charge in [-0.2, -0.15) is 0 Å². The van der Waals surface area contributed by atoms with Crippen LogP contribution >= 0.6 is 15.9 Å². The predicted molar refractivity (Wildman–Crippen MR) is 71.2 cm³/mol. The van der Waals surface area contributed by atoms with Gasteiger partial charge in [0.25, 0.3) is 0 Å².